The second-order valence-corrected chi connectivity index (χ2v) is 5.32. The van der Waals surface area contributed by atoms with Crippen LogP contribution in [-0.2, 0) is 11.3 Å². The minimum atomic E-state index is 0.158. The van der Waals surface area contributed by atoms with E-state index in [-0.39, 0.29) is 6.10 Å². The van der Waals surface area contributed by atoms with Crippen LogP contribution in [0.15, 0.2) is 18.2 Å². The van der Waals surface area contributed by atoms with Crippen molar-refractivity contribution < 1.29 is 4.74 Å². The fourth-order valence-electron chi connectivity index (χ4n) is 2.38. The summed E-state index contributed by atoms with van der Waals surface area (Å²) in [6.07, 6.45) is 3.50. The Labute approximate surface area is 121 Å². The van der Waals surface area contributed by atoms with Crippen LogP contribution in [0.2, 0.25) is 5.02 Å². The number of nitrogens with two attached hydrogens (primary N) is 1. The Bertz CT molecular complexity index is 594. The predicted molar refractivity (Wildman–Crippen MR) is 76.3 cm³/mol. The highest BCUT2D eigenvalue weighted by Crippen LogP contribution is 2.28. The molecule has 0 aliphatic carbocycles. The number of rotatable bonds is 3. The monoisotopic (exact) mass is 293 g/mol. The van der Waals surface area contributed by atoms with Crippen molar-refractivity contribution in [2.24, 2.45) is 0 Å². The number of hydrogen-bond donors (Lipinski definition) is 1. The van der Waals surface area contributed by atoms with Gasteiger partial charge < -0.3 is 10.5 Å². The standard InChI is InChI=1S/C13H16ClN5O/c14-12-5-4-9(15)7-11(12)13-16-17-18-19(13)8-10-3-1-2-6-20-10/h4-5,7,10H,1-3,6,8,15H2. The lowest BCUT2D eigenvalue weighted by Gasteiger charge is -2.22. The van der Waals surface area contributed by atoms with Gasteiger partial charge in [0.1, 0.15) is 0 Å². The minimum Gasteiger partial charge on any atom is -0.399 e. The Balaban J connectivity index is 1.87. The maximum Gasteiger partial charge on any atom is 0.183 e. The molecule has 1 aliphatic heterocycles. The fraction of sp³-hybridized carbons (Fsp3) is 0.462. The number of halogens is 1. The van der Waals surface area contributed by atoms with E-state index in [0.717, 1.165) is 25.0 Å². The zero-order valence-corrected chi connectivity index (χ0v) is 11.8. The molecule has 7 heteroatoms. The van der Waals surface area contributed by atoms with Gasteiger partial charge >= 0.3 is 0 Å². The van der Waals surface area contributed by atoms with Crippen molar-refractivity contribution in [2.45, 2.75) is 31.9 Å². The molecule has 2 N–H and O–H groups in total. The molecule has 0 spiro atoms. The first kappa shape index (κ1) is 13.3. The minimum absolute atomic E-state index is 0.158. The Morgan fingerprint density at radius 1 is 1.40 bits per heavy atom. The van der Waals surface area contributed by atoms with Crippen LogP contribution in [0.25, 0.3) is 11.4 Å². The van der Waals surface area contributed by atoms with E-state index >= 15 is 0 Å². The zero-order chi connectivity index (χ0) is 13.9. The van der Waals surface area contributed by atoms with Gasteiger partial charge in [-0.3, -0.25) is 0 Å². The molecule has 106 valence electrons. The maximum absolute atomic E-state index is 6.21. The van der Waals surface area contributed by atoms with Crippen LogP contribution in [0.5, 0.6) is 0 Å². The first-order chi connectivity index (χ1) is 9.74. The van der Waals surface area contributed by atoms with E-state index < -0.39 is 0 Å². The smallest absolute Gasteiger partial charge is 0.183 e. The SMILES string of the molecule is Nc1ccc(Cl)c(-c2nnnn2CC2CCCCO2)c1. The van der Waals surface area contributed by atoms with Gasteiger partial charge in [0.2, 0.25) is 0 Å². The molecule has 20 heavy (non-hydrogen) atoms. The summed E-state index contributed by atoms with van der Waals surface area (Å²) in [4.78, 5) is 0. The molecule has 1 atom stereocenters. The summed E-state index contributed by atoms with van der Waals surface area (Å²) in [7, 11) is 0. The summed E-state index contributed by atoms with van der Waals surface area (Å²) in [5, 5.41) is 12.4. The molecule has 1 aromatic heterocycles. The molecule has 0 amide bonds. The molecule has 2 aromatic rings. The highest BCUT2D eigenvalue weighted by Gasteiger charge is 2.19. The molecular weight excluding hydrogens is 278 g/mol. The second kappa shape index (κ2) is 5.76. The third-order valence-corrected chi connectivity index (χ3v) is 3.74. The third-order valence-electron chi connectivity index (χ3n) is 3.41. The summed E-state index contributed by atoms with van der Waals surface area (Å²) >= 11 is 6.21. The van der Waals surface area contributed by atoms with Crippen LogP contribution in [0.3, 0.4) is 0 Å². The summed E-state index contributed by atoms with van der Waals surface area (Å²) < 4.78 is 7.45. The zero-order valence-electron chi connectivity index (χ0n) is 11.0. The Kier molecular flexibility index (Phi) is 3.84. The Hall–Kier alpha value is -1.66. The molecule has 0 saturated carbocycles. The van der Waals surface area contributed by atoms with Crippen molar-refractivity contribution in [1.82, 2.24) is 20.2 Å². The van der Waals surface area contributed by atoms with Gasteiger partial charge in [-0.15, -0.1) is 5.10 Å². The molecule has 1 aromatic carbocycles. The van der Waals surface area contributed by atoms with Crippen molar-refractivity contribution in [3.05, 3.63) is 23.2 Å². The third kappa shape index (κ3) is 2.76. The van der Waals surface area contributed by atoms with Gasteiger partial charge in [-0.2, -0.15) is 0 Å². The molecule has 3 rings (SSSR count). The van der Waals surface area contributed by atoms with Gasteiger partial charge in [0.15, 0.2) is 5.82 Å². The van der Waals surface area contributed by atoms with Gasteiger partial charge in [-0.1, -0.05) is 11.6 Å². The summed E-state index contributed by atoms with van der Waals surface area (Å²) in [6, 6.07) is 5.29. The van der Waals surface area contributed by atoms with Gasteiger partial charge in [-0.25, -0.2) is 4.68 Å². The van der Waals surface area contributed by atoms with Crippen LogP contribution in [0.1, 0.15) is 19.3 Å². The fourth-order valence-corrected chi connectivity index (χ4v) is 2.58. The van der Waals surface area contributed by atoms with E-state index in [0.29, 0.717) is 23.1 Å². The van der Waals surface area contributed by atoms with Crippen LogP contribution in [0.4, 0.5) is 5.69 Å². The lowest BCUT2D eigenvalue weighted by molar-refractivity contribution is 0.00397. The number of tetrazole rings is 1. The highest BCUT2D eigenvalue weighted by atomic mass is 35.5. The van der Waals surface area contributed by atoms with Crippen molar-refractivity contribution in [2.75, 3.05) is 12.3 Å². The quantitative estimate of drug-likeness (QED) is 0.877. The molecule has 1 unspecified atom stereocenters. The van der Waals surface area contributed by atoms with Gasteiger partial charge in [0.05, 0.1) is 17.7 Å². The molecule has 1 aliphatic rings. The molecule has 1 fully saturated rings. The number of aromatic nitrogens is 4. The van der Waals surface area contributed by atoms with Gasteiger partial charge in [0, 0.05) is 17.9 Å². The van der Waals surface area contributed by atoms with E-state index in [4.69, 9.17) is 22.1 Å². The largest absolute Gasteiger partial charge is 0.399 e. The summed E-state index contributed by atoms with van der Waals surface area (Å²) in [5.41, 5.74) is 7.18. The second-order valence-electron chi connectivity index (χ2n) is 4.91. The van der Waals surface area contributed by atoms with Gasteiger partial charge in [0.25, 0.3) is 0 Å². The number of nitrogen functional groups attached to an aromatic ring is 1. The summed E-state index contributed by atoms with van der Waals surface area (Å²) in [6.45, 7) is 1.44. The molecule has 0 bridgehead atoms. The normalized spacial score (nSPS) is 19.1. The number of nitrogens with zero attached hydrogens (tertiary/aromatic N) is 4. The molecule has 0 radical (unpaired) electrons. The van der Waals surface area contributed by atoms with E-state index in [1.807, 2.05) is 0 Å². The number of anilines is 1. The van der Waals surface area contributed by atoms with Crippen molar-refractivity contribution in [3.63, 3.8) is 0 Å². The predicted octanol–water partition coefficient (Wildman–Crippen LogP) is 2.14. The molecule has 6 nitrogen and oxygen atoms in total. The van der Waals surface area contributed by atoms with Crippen molar-refractivity contribution >= 4 is 17.3 Å². The van der Waals surface area contributed by atoms with Crippen LogP contribution >= 0.6 is 11.6 Å². The number of benzene rings is 1. The first-order valence-corrected chi connectivity index (χ1v) is 7.05. The lowest BCUT2D eigenvalue weighted by atomic mass is 10.1. The number of ether oxygens (including phenoxy) is 1. The maximum atomic E-state index is 6.21. The van der Waals surface area contributed by atoms with Gasteiger partial charge in [-0.05, 0) is 47.9 Å². The van der Waals surface area contributed by atoms with Crippen molar-refractivity contribution in [1.29, 1.82) is 0 Å². The first-order valence-electron chi connectivity index (χ1n) is 6.67. The lowest BCUT2D eigenvalue weighted by Crippen LogP contribution is -2.25. The highest BCUT2D eigenvalue weighted by molar-refractivity contribution is 6.33. The van der Waals surface area contributed by atoms with E-state index in [1.165, 1.54) is 6.42 Å². The number of hydrogen-bond acceptors (Lipinski definition) is 5. The van der Waals surface area contributed by atoms with Crippen LogP contribution in [-0.4, -0.2) is 32.9 Å². The van der Waals surface area contributed by atoms with Crippen LogP contribution in [0, 0.1) is 0 Å². The average molecular weight is 294 g/mol. The van der Waals surface area contributed by atoms with E-state index in [1.54, 1.807) is 22.9 Å². The van der Waals surface area contributed by atoms with Crippen molar-refractivity contribution in [3.8, 4) is 11.4 Å². The molecular formula is C13H16ClN5O. The van der Waals surface area contributed by atoms with E-state index in [2.05, 4.69) is 15.5 Å². The van der Waals surface area contributed by atoms with E-state index in [9.17, 15) is 0 Å². The molecule has 1 saturated heterocycles. The Morgan fingerprint density at radius 3 is 3.10 bits per heavy atom. The Morgan fingerprint density at radius 2 is 2.30 bits per heavy atom. The topological polar surface area (TPSA) is 78.9 Å². The summed E-state index contributed by atoms with van der Waals surface area (Å²) in [5.74, 6) is 0.622. The average Bonchev–Trinajstić information content (AvgIpc) is 2.91. The molecule has 2 heterocycles. The van der Waals surface area contributed by atoms with Crippen LogP contribution < -0.4 is 5.73 Å².